The number of aromatic amines is 1. The summed E-state index contributed by atoms with van der Waals surface area (Å²) in [5.74, 6) is 1.47. The van der Waals surface area contributed by atoms with Crippen LogP contribution in [-0.2, 0) is 10.0 Å². The predicted molar refractivity (Wildman–Crippen MR) is 104 cm³/mol. The van der Waals surface area contributed by atoms with Crippen molar-refractivity contribution in [3.05, 3.63) is 11.8 Å². The van der Waals surface area contributed by atoms with E-state index in [1.807, 2.05) is 32.0 Å². The zero-order valence-corrected chi connectivity index (χ0v) is 16.6. The molecule has 0 spiro atoms. The summed E-state index contributed by atoms with van der Waals surface area (Å²) < 4.78 is 24.7. The highest BCUT2D eigenvalue weighted by molar-refractivity contribution is 7.88. The van der Waals surface area contributed by atoms with Crippen LogP contribution < -0.4 is 10.2 Å². The summed E-state index contributed by atoms with van der Waals surface area (Å²) in [4.78, 5) is 16.6. The molecule has 1 aliphatic heterocycles. The molecule has 0 atom stereocenters. The van der Waals surface area contributed by atoms with Crippen LogP contribution in [0.3, 0.4) is 0 Å². The molecule has 10 heteroatoms. The number of aromatic nitrogens is 3. The molecule has 1 saturated heterocycles. The van der Waals surface area contributed by atoms with Gasteiger partial charge in [0.25, 0.3) is 0 Å². The van der Waals surface area contributed by atoms with Gasteiger partial charge in [0.2, 0.25) is 16.0 Å². The lowest BCUT2D eigenvalue weighted by Gasteiger charge is -2.33. The number of piperazine rings is 1. The number of sulfonamides is 1. The number of H-pyrrole nitrogens is 1. The topological polar surface area (TPSA) is 97.5 Å². The van der Waals surface area contributed by atoms with Crippen LogP contribution in [0.5, 0.6) is 0 Å². The summed E-state index contributed by atoms with van der Waals surface area (Å²) in [6, 6.07) is 2.04. The SMILES string of the molecule is Cc1cc2c(NCCN3CCN(S(C)(=O)=O)CC3)nc(N(C)C)nc2[nH]1. The number of nitrogens with one attached hydrogen (secondary N) is 2. The van der Waals surface area contributed by atoms with Gasteiger partial charge in [-0.1, -0.05) is 0 Å². The Kier molecular flexibility index (Phi) is 5.35. The van der Waals surface area contributed by atoms with E-state index < -0.39 is 10.0 Å². The van der Waals surface area contributed by atoms with Gasteiger partial charge in [-0.3, -0.25) is 4.90 Å². The summed E-state index contributed by atoms with van der Waals surface area (Å²) >= 11 is 0. The first kappa shape index (κ1) is 18.9. The third-order valence-electron chi connectivity index (χ3n) is 4.53. The smallest absolute Gasteiger partial charge is 0.228 e. The number of rotatable bonds is 6. The van der Waals surface area contributed by atoms with Gasteiger partial charge in [-0.25, -0.2) is 8.42 Å². The molecule has 144 valence electrons. The highest BCUT2D eigenvalue weighted by atomic mass is 32.2. The number of hydrogen-bond acceptors (Lipinski definition) is 7. The number of anilines is 2. The number of aryl methyl sites for hydroxylation is 1. The second-order valence-electron chi connectivity index (χ2n) is 6.91. The van der Waals surface area contributed by atoms with E-state index in [4.69, 9.17) is 0 Å². The van der Waals surface area contributed by atoms with E-state index in [2.05, 4.69) is 25.2 Å². The molecular weight excluding hydrogens is 354 g/mol. The highest BCUT2D eigenvalue weighted by Crippen LogP contribution is 2.23. The maximum atomic E-state index is 11.6. The maximum Gasteiger partial charge on any atom is 0.228 e. The van der Waals surface area contributed by atoms with Crippen molar-refractivity contribution >= 4 is 32.8 Å². The molecular formula is C16H27N7O2S. The number of fused-ring (bicyclic) bond motifs is 1. The standard InChI is InChI=1S/C16H27N7O2S/c1-12-11-13-14(19-16(21(2)3)20-15(13)18-12)17-5-6-22-7-9-23(10-8-22)26(4,24)25/h11H,5-10H2,1-4H3,(H2,17,18,19,20). The van der Waals surface area contributed by atoms with Crippen LogP contribution in [-0.4, -0.2) is 92.2 Å². The van der Waals surface area contributed by atoms with Crippen LogP contribution in [0.1, 0.15) is 5.69 Å². The van der Waals surface area contributed by atoms with Gasteiger partial charge in [0.1, 0.15) is 11.5 Å². The van der Waals surface area contributed by atoms with Crippen molar-refractivity contribution < 1.29 is 8.42 Å². The molecule has 2 aromatic rings. The van der Waals surface area contributed by atoms with Gasteiger partial charge in [-0.2, -0.15) is 14.3 Å². The zero-order chi connectivity index (χ0) is 18.9. The highest BCUT2D eigenvalue weighted by Gasteiger charge is 2.23. The van der Waals surface area contributed by atoms with Crippen molar-refractivity contribution in [2.75, 3.05) is 69.8 Å². The lowest BCUT2D eigenvalue weighted by molar-refractivity contribution is 0.195. The van der Waals surface area contributed by atoms with Crippen LogP contribution in [0.15, 0.2) is 6.07 Å². The van der Waals surface area contributed by atoms with Crippen molar-refractivity contribution in [2.45, 2.75) is 6.92 Å². The second-order valence-corrected chi connectivity index (χ2v) is 8.89. The van der Waals surface area contributed by atoms with Gasteiger partial charge in [0.15, 0.2) is 0 Å². The van der Waals surface area contributed by atoms with Gasteiger partial charge < -0.3 is 15.2 Å². The molecule has 2 aromatic heterocycles. The Morgan fingerprint density at radius 1 is 1.23 bits per heavy atom. The molecule has 2 N–H and O–H groups in total. The Balaban J connectivity index is 1.62. The molecule has 0 bridgehead atoms. The minimum Gasteiger partial charge on any atom is -0.368 e. The first-order chi connectivity index (χ1) is 12.2. The van der Waals surface area contributed by atoms with Crippen LogP contribution in [0.25, 0.3) is 11.0 Å². The Labute approximate surface area is 154 Å². The molecule has 1 aliphatic rings. The lowest BCUT2D eigenvalue weighted by Crippen LogP contribution is -2.49. The van der Waals surface area contributed by atoms with E-state index in [1.165, 1.54) is 10.6 Å². The molecule has 0 aromatic carbocycles. The maximum absolute atomic E-state index is 11.6. The van der Waals surface area contributed by atoms with Gasteiger partial charge in [-0.05, 0) is 13.0 Å². The second kappa shape index (κ2) is 7.37. The van der Waals surface area contributed by atoms with E-state index >= 15 is 0 Å². The third kappa shape index (κ3) is 4.25. The quantitative estimate of drug-likeness (QED) is 0.744. The first-order valence-electron chi connectivity index (χ1n) is 8.70. The number of hydrogen-bond donors (Lipinski definition) is 2. The Hall–Kier alpha value is -1.91. The van der Waals surface area contributed by atoms with Crippen molar-refractivity contribution in [3.63, 3.8) is 0 Å². The van der Waals surface area contributed by atoms with Crippen molar-refractivity contribution in [1.82, 2.24) is 24.2 Å². The van der Waals surface area contributed by atoms with Crippen LogP contribution >= 0.6 is 0 Å². The molecule has 3 heterocycles. The monoisotopic (exact) mass is 381 g/mol. The fourth-order valence-electron chi connectivity index (χ4n) is 3.08. The molecule has 26 heavy (non-hydrogen) atoms. The normalized spacial score (nSPS) is 16.9. The molecule has 9 nitrogen and oxygen atoms in total. The van der Waals surface area contributed by atoms with E-state index in [1.54, 1.807) is 0 Å². The fraction of sp³-hybridized carbons (Fsp3) is 0.625. The third-order valence-corrected chi connectivity index (χ3v) is 5.83. The summed E-state index contributed by atoms with van der Waals surface area (Å²) in [7, 11) is 0.756. The summed E-state index contributed by atoms with van der Waals surface area (Å²) in [5, 5.41) is 4.40. The minimum atomic E-state index is -3.08. The van der Waals surface area contributed by atoms with Gasteiger partial charge in [-0.15, -0.1) is 0 Å². The van der Waals surface area contributed by atoms with E-state index in [0.717, 1.165) is 48.7 Å². The molecule has 0 amide bonds. The number of nitrogens with zero attached hydrogens (tertiary/aromatic N) is 5. The van der Waals surface area contributed by atoms with Crippen LogP contribution in [0.4, 0.5) is 11.8 Å². The minimum absolute atomic E-state index is 0.554. The molecule has 0 aliphatic carbocycles. The average molecular weight is 382 g/mol. The average Bonchev–Trinajstić information content (AvgIpc) is 2.94. The molecule has 0 saturated carbocycles. The van der Waals surface area contributed by atoms with E-state index in [-0.39, 0.29) is 0 Å². The predicted octanol–water partition coefficient (Wildman–Crippen LogP) is 0.321. The first-order valence-corrected chi connectivity index (χ1v) is 10.5. The lowest BCUT2D eigenvalue weighted by atomic mass is 10.3. The summed E-state index contributed by atoms with van der Waals surface area (Å²) in [5.41, 5.74) is 1.87. The van der Waals surface area contributed by atoms with Crippen molar-refractivity contribution in [3.8, 4) is 0 Å². The largest absolute Gasteiger partial charge is 0.368 e. The van der Waals surface area contributed by atoms with E-state index in [9.17, 15) is 8.42 Å². The van der Waals surface area contributed by atoms with Gasteiger partial charge >= 0.3 is 0 Å². The van der Waals surface area contributed by atoms with Gasteiger partial charge in [0.05, 0.1) is 11.6 Å². The molecule has 3 rings (SSSR count). The molecule has 0 unspecified atom stereocenters. The van der Waals surface area contributed by atoms with E-state index in [0.29, 0.717) is 19.0 Å². The van der Waals surface area contributed by atoms with Gasteiger partial charge in [0, 0.05) is 59.1 Å². The van der Waals surface area contributed by atoms with Crippen LogP contribution in [0, 0.1) is 6.92 Å². The summed E-state index contributed by atoms with van der Waals surface area (Å²) in [6.45, 7) is 6.19. The van der Waals surface area contributed by atoms with Crippen molar-refractivity contribution in [2.24, 2.45) is 0 Å². The van der Waals surface area contributed by atoms with Crippen LogP contribution in [0.2, 0.25) is 0 Å². The molecule has 0 radical (unpaired) electrons. The Bertz CT molecular complexity index is 870. The van der Waals surface area contributed by atoms with Crippen molar-refractivity contribution in [1.29, 1.82) is 0 Å². The molecule has 1 fully saturated rings. The summed E-state index contributed by atoms with van der Waals surface area (Å²) in [6.07, 6.45) is 1.27. The zero-order valence-electron chi connectivity index (χ0n) is 15.8. The Morgan fingerprint density at radius 2 is 1.92 bits per heavy atom. The fourth-order valence-corrected chi connectivity index (χ4v) is 3.91. The Morgan fingerprint density at radius 3 is 2.54 bits per heavy atom.